The Morgan fingerprint density at radius 3 is 2.26 bits per heavy atom. The van der Waals surface area contributed by atoms with E-state index in [1.165, 1.54) is 23.4 Å². The second-order valence-corrected chi connectivity index (χ2v) is 9.77. The van der Waals surface area contributed by atoms with Crippen LogP contribution in [-0.2, 0) is 35.2 Å². The molecule has 0 aliphatic carbocycles. The minimum absolute atomic E-state index is 0. The molecule has 2 aliphatic rings. The summed E-state index contributed by atoms with van der Waals surface area (Å²) in [5, 5.41) is 15.1. The van der Waals surface area contributed by atoms with E-state index >= 15 is 0 Å². The number of benzene rings is 2. The molecule has 2 N–H and O–H groups in total. The van der Waals surface area contributed by atoms with E-state index in [9.17, 15) is 18.3 Å². The number of carbonyl (C=O) groups excluding carboxylic acids is 1. The van der Waals surface area contributed by atoms with Gasteiger partial charge in [0.15, 0.2) is 0 Å². The maximum absolute atomic E-state index is 12.0. The van der Waals surface area contributed by atoms with Crippen LogP contribution in [0.5, 0.6) is 0 Å². The second-order valence-electron chi connectivity index (χ2n) is 8.14. The summed E-state index contributed by atoms with van der Waals surface area (Å²) in [5.41, 5.74) is 3.39. The normalized spacial score (nSPS) is 14.1. The minimum Gasteiger partial charge on any atom is -0.552 e. The van der Waals surface area contributed by atoms with E-state index < -0.39 is 22.0 Å². The topological polar surface area (TPSA) is 126 Å². The number of fused-ring (bicyclic) bond motifs is 3. The van der Waals surface area contributed by atoms with E-state index in [1.54, 1.807) is 26.0 Å². The number of nitrogens with zero attached hydrogens (tertiary/aromatic N) is 3. The molecular weight excluding hydrogens is 561 g/mol. The Morgan fingerprint density at radius 1 is 1.00 bits per heavy atom. The molecule has 0 spiro atoms. The Kier molecular flexibility index (Phi) is 11.6. The first-order valence-electron chi connectivity index (χ1n) is 10.6. The van der Waals surface area contributed by atoms with E-state index in [0.29, 0.717) is 0 Å². The van der Waals surface area contributed by atoms with Crippen LogP contribution in [0.4, 0.5) is 5.69 Å². The minimum atomic E-state index is -3.96. The first-order valence-corrected chi connectivity index (χ1v) is 12.1. The molecule has 0 saturated heterocycles. The summed E-state index contributed by atoms with van der Waals surface area (Å²) in [5.74, 6) is -1.45. The van der Waals surface area contributed by atoms with E-state index in [1.807, 2.05) is 25.3 Å². The van der Waals surface area contributed by atoms with Gasteiger partial charge in [0, 0.05) is 35.0 Å². The third kappa shape index (κ3) is 8.16. The number of sulfonamides is 1. The summed E-state index contributed by atoms with van der Waals surface area (Å²) in [6, 6.07) is 13.1. The first-order chi connectivity index (χ1) is 15.7. The molecule has 10 heteroatoms. The zero-order valence-corrected chi connectivity index (χ0v) is 22.0. The molecule has 1 atom stereocenters. The summed E-state index contributed by atoms with van der Waals surface area (Å²) in [6.45, 7) is 5.42. The fraction of sp³-hybridized carbons (Fsp3) is 0.240. The molecule has 2 aliphatic heterocycles. The molecule has 1 unspecified atom stereocenters. The van der Waals surface area contributed by atoms with E-state index in [0.717, 1.165) is 5.56 Å². The molecular formula is C25H29N3O5PdS. The standard InChI is InChI=1S/C13H18NO4S.C12H10N2.H2O.Pd/c1-9(2)8-12(13(15)16)14-19(17,18)11-6-4-10(3)5-7-11;1-2-6-12-11(5-1)7-10-13-8-3-4-9-14(12)13;;/h4-7,9,12H,8H2,1-3H3,(H,15,16);1-10H;1H2;/q-1;;;+2/p-1. The number of anilines is 1. The number of hydrogen-bond donors (Lipinski definition) is 0. The van der Waals surface area contributed by atoms with Crippen molar-refractivity contribution in [2.24, 2.45) is 5.92 Å². The van der Waals surface area contributed by atoms with Gasteiger partial charge in [0.25, 0.3) is 0 Å². The Morgan fingerprint density at radius 2 is 1.63 bits per heavy atom. The average Bonchev–Trinajstić information content (AvgIpc) is 2.79. The summed E-state index contributed by atoms with van der Waals surface area (Å²) >= 11 is 0. The zero-order chi connectivity index (χ0) is 24.0. The van der Waals surface area contributed by atoms with Gasteiger partial charge in [0.2, 0.25) is 0 Å². The van der Waals surface area contributed by atoms with Crippen molar-refractivity contribution in [3.63, 3.8) is 0 Å². The van der Waals surface area contributed by atoms with Gasteiger partial charge in [0.1, 0.15) is 10.0 Å². The number of allylic oxidation sites excluding steroid dienone is 2. The monoisotopic (exact) mass is 589 g/mol. The quantitative estimate of drug-likeness (QED) is 0.477. The Bertz CT molecular complexity index is 1180. The van der Waals surface area contributed by atoms with Gasteiger partial charge in [-0.05, 0) is 49.3 Å². The molecule has 190 valence electrons. The van der Waals surface area contributed by atoms with Crippen LogP contribution in [0.25, 0.3) is 10.8 Å². The summed E-state index contributed by atoms with van der Waals surface area (Å²) < 4.78 is 27.4. The predicted molar refractivity (Wildman–Crippen MR) is 132 cm³/mol. The fourth-order valence-electron chi connectivity index (χ4n) is 3.31. The predicted octanol–water partition coefficient (Wildman–Crippen LogP) is 3.13. The molecule has 2 heterocycles. The molecule has 0 fully saturated rings. The Hall–Kier alpha value is -2.74. The van der Waals surface area contributed by atoms with Gasteiger partial charge in [-0.15, -0.1) is 0 Å². The number of hydrogen-bond acceptors (Lipinski definition) is 6. The molecule has 0 saturated carbocycles. The van der Waals surface area contributed by atoms with Crippen molar-refractivity contribution in [3.8, 4) is 0 Å². The van der Waals surface area contributed by atoms with Gasteiger partial charge < -0.3 is 20.1 Å². The molecule has 2 aromatic carbocycles. The SMILES string of the molecule is C1=CN2C=Cc3ccccc3N2C=C1.Cc1ccc(S(=O)(=O)[N-]C(CC(C)C)C(=O)[O-])cc1.O.[Pd+2]. The van der Waals surface area contributed by atoms with E-state index in [2.05, 4.69) is 57.5 Å². The number of carboxylic acid groups (broad SMARTS) is 1. The van der Waals surface area contributed by atoms with Crippen LogP contribution >= 0.6 is 0 Å². The molecule has 8 nitrogen and oxygen atoms in total. The largest absolute Gasteiger partial charge is 2.00 e. The number of aryl methyl sites for hydroxylation is 1. The molecule has 0 amide bonds. The second kappa shape index (κ2) is 13.4. The van der Waals surface area contributed by atoms with E-state index in [-0.39, 0.29) is 43.1 Å². The van der Waals surface area contributed by atoms with Gasteiger partial charge >= 0.3 is 20.4 Å². The van der Waals surface area contributed by atoms with Gasteiger partial charge in [-0.2, -0.15) is 0 Å². The van der Waals surface area contributed by atoms with Crippen molar-refractivity contribution in [3.05, 3.63) is 95.1 Å². The third-order valence-corrected chi connectivity index (χ3v) is 6.37. The molecule has 0 radical (unpaired) electrons. The van der Waals surface area contributed by atoms with Crippen LogP contribution in [0.15, 0.2) is 84.2 Å². The van der Waals surface area contributed by atoms with Crippen LogP contribution in [-0.4, -0.2) is 30.9 Å². The van der Waals surface area contributed by atoms with Crippen LogP contribution in [0.3, 0.4) is 0 Å². The molecule has 0 bridgehead atoms. The number of rotatable bonds is 6. The number of carbonyl (C=O) groups is 1. The fourth-order valence-corrected chi connectivity index (χ4v) is 4.41. The number of carboxylic acids is 1. The number of para-hydroxylation sites is 1. The zero-order valence-electron chi connectivity index (χ0n) is 19.6. The van der Waals surface area contributed by atoms with E-state index in [4.69, 9.17) is 0 Å². The van der Waals surface area contributed by atoms with Crippen LogP contribution in [0, 0.1) is 12.8 Å². The number of aliphatic carboxylic acids is 1. The molecule has 35 heavy (non-hydrogen) atoms. The van der Waals surface area contributed by atoms with Crippen molar-refractivity contribution in [1.29, 1.82) is 0 Å². The summed E-state index contributed by atoms with van der Waals surface area (Å²) in [4.78, 5) is 10.9. The van der Waals surface area contributed by atoms with Gasteiger partial charge in [0.05, 0.1) is 5.69 Å². The summed E-state index contributed by atoms with van der Waals surface area (Å²) in [7, 11) is -3.96. The summed E-state index contributed by atoms with van der Waals surface area (Å²) in [6.07, 6.45) is 12.5. The molecule has 0 aromatic heterocycles. The van der Waals surface area contributed by atoms with Crippen LogP contribution in [0.2, 0.25) is 0 Å². The van der Waals surface area contributed by atoms with Gasteiger partial charge in [-0.1, -0.05) is 62.2 Å². The van der Waals surface area contributed by atoms with Crippen molar-refractivity contribution in [2.75, 3.05) is 5.01 Å². The van der Waals surface area contributed by atoms with Crippen molar-refractivity contribution >= 4 is 27.8 Å². The maximum atomic E-state index is 12.0. The smallest absolute Gasteiger partial charge is 0.552 e. The Labute approximate surface area is 220 Å². The maximum Gasteiger partial charge on any atom is 2.00 e. The van der Waals surface area contributed by atoms with Crippen molar-refractivity contribution in [2.45, 2.75) is 38.1 Å². The van der Waals surface area contributed by atoms with Crippen LogP contribution < -0.4 is 10.1 Å². The first kappa shape index (κ1) is 30.3. The molecule has 4 rings (SSSR count). The van der Waals surface area contributed by atoms with Gasteiger partial charge in [-0.3, -0.25) is 10.0 Å². The average molecular weight is 590 g/mol. The van der Waals surface area contributed by atoms with Gasteiger partial charge in [-0.25, -0.2) is 8.42 Å². The van der Waals surface area contributed by atoms with Crippen molar-refractivity contribution in [1.82, 2.24) is 5.01 Å². The van der Waals surface area contributed by atoms with Crippen LogP contribution in [0.1, 0.15) is 31.4 Å². The van der Waals surface area contributed by atoms with Crippen molar-refractivity contribution < 1.29 is 44.2 Å². The third-order valence-electron chi connectivity index (χ3n) is 4.97. The Balaban J connectivity index is 0.000000341. The molecule has 2 aromatic rings. The number of hydrazine groups is 1.